The quantitative estimate of drug-likeness (QED) is 0.433. The maximum atomic E-state index is 11.0. The van der Waals surface area contributed by atoms with E-state index in [4.69, 9.17) is 19.0 Å². The largest absolute Gasteiger partial charge is 0.497 e. The van der Waals surface area contributed by atoms with Crippen molar-refractivity contribution in [2.24, 2.45) is 11.8 Å². The molecule has 0 aliphatic heterocycles. The highest BCUT2D eigenvalue weighted by atomic mass is 28.4. The summed E-state index contributed by atoms with van der Waals surface area (Å²) in [6.45, 7) is 16.5. The van der Waals surface area contributed by atoms with Crippen LogP contribution < -0.4 is 4.74 Å². The van der Waals surface area contributed by atoms with Gasteiger partial charge in [0.05, 0.1) is 26.4 Å². The van der Waals surface area contributed by atoms with Gasteiger partial charge in [-0.15, -0.1) is 0 Å². The van der Waals surface area contributed by atoms with Gasteiger partial charge in [-0.25, -0.2) is 0 Å². The fourth-order valence-electron chi connectivity index (χ4n) is 3.00. The van der Waals surface area contributed by atoms with Crippen molar-refractivity contribution in [2.75, 3.05) is 13.7 Å². The Morgan fingerprint density at radius 1 is 1.10 bits per heavy atom. The number of aliphatic carboxylic acids is 1. The van der Waals surface area contributed by atoms with E-state index in [-0.39, 0.29) is 29.4 Å². The summed E-state index contributed by atoms with van der Waals surface area (Å²) in [7, 11) is -0.326. The average molecular weight is 425 g/mol. The van der Waals surface area contributed by atoms with Crippen molar-refractivity contribution in [3.05, 3.63) is 29.8 Å². The molecule has 0 spiro atoms. The Morgan fingerprint density at radius 3 is 2.17 bits per heavy atom. The summed E-state index contributed by atoms with van der Waals surface area (Å²) in [5.41, 5.74) is 1.10. The highest BCUT2D eigenvalue weighted by molar-refractivity contribution is 6.74. The first kappa shape index (κ1) is 25.7. The van der Waals surface area contributed by atoms with Crippen molar-refractivity contribution in [3.8, 4) is 5.75 Å². The molecule has 1 aromatic rings. The third-order valence-electron chi connectivity index (χ3n) is 5.98. The van der Waals surface area contributed by atoms with Crippen molar-refractivity contribution in [1.82, 2.24) is 0 Å². The molecule has 0 aliphatic carbocycles. The maximum absolute atomic E-state index is 11.0. The van der Waals surface area contributed by atoms with Crippen LogP contribution in [0.2, 0.25) is 18.1 Å². The van der Waals surface area contributed by atoms with Crippen LogP contribution in [0.25, 0.3) is 0 Å². The summed E-state index contributed by atoms with van der Waals surface area (Å²) in [6, 6.07) is 7.87. The monoisotopic (exact) mass is 424 g/mol. The molecule has 29 heavy (non-hydrogen) atoms. The summed E-state index contributed by atoms with van der Waals surface area (Å²) in [4.78, 5) is 11.0. The number of hydrogen-bond donors (Lipinski definition) is 1. The van der Waals surface area contributed by atoms with Crippen molar-refractivity contribution in [1.29, 1.82) is 0 Å². The number of hydrogen-bond acceptors (Lipinski definition) is 4. The number of carbonyl (C=O) groups is 1. The molecule has 0 unspecified atom stereocenters. The maximum Gasteiger partial charge on any atom is 0.303 e. The van der Waals surface area contributed by atoms with E-state index in [9.17, 15) is 4.79 Å². The van der Waals surface area contributed by atoms with E-state index in [0.717, 1.165) is 11.3 Å². The lowest BCUT2D eigenvalue weighted by molar-refractivity contribution is -0.137. The van der Waals surface area contributed by atoms with E-state index < -0.39 is 14.3 Å². The number of carboxylic acid groups (broad SMARTS) is 1. The molecular formula is C23H40O5Si. The molecule has 0 saturated heterocycles. The van der Waals surface area contributed by atoms with Crippen LogP contribution in [-0.2, 0) is 20.6 Å². The molecule has 0 aliphatic rings. The summed E-state index contributed by atoms with van der Waals surface area (Å²) >= 11 is 0. The Labute approximate surface area is 177 Å². The molecule has 6 heteroatoms. The van der Waals surface area contributed by atoms with Crippen molar-refractivity contribution in [3.63, 3.8) is 0 Å². The van der Waals surface area contributed by atoms with E-state index >= 15 is 0 Å². The number of ether oxygens (including phenoxy) is 2. The molecule has 0 fully saturated rings. The zero-order chi connectivity index (χ0) is 22.2. The molecular weight excluding hydrogens is 384 g/mol. The van der Waals surface area contributed by atoms with Gasteiger partial charge in [0.15, 0.2) is 8.32 Å². The SMILES string of the molecule is COc1ccc(COC[C@H](C)[C@H](O[Si](C)(C)C(C)(C)C)[C@@H](C)CCC(=O)O)cc1. The standard InChI is InChI=1S/C23H40O5Si/c1-17(9-14-21(24)25)22(28-29(7,8)23(3,4)5)18(2)15-27-16-19-10-12-20(26-6)13-11-19/h10-13,17-18,22H,9,14-16H2,1-8H3,(H,24,25)/t17-,18-,22+/m0/s1. The van der Waals surface area contributed by atoms with Gasteiger partial charge in [0, 0.05) is 12.3 Å². The number of carboxylic acids is 1. The van der Waals surface area contributed by atoms with Gasteiger partial charge in [-0.05, 0) is 48.2 Å². The van der Waals surface area contributed by atoms with E-state index in [1.54, 1.807) is 7.11 Å². The van der Waals surface area contributed by atoms with Gasteiger partial charge in [0.2, 0.25) is 0 Å². The molecule has 5 nitrogen and oxygen atoms in total. The summed E-state index contributed by atoms with van der Waals surface area (Å²) < 4.78 is 17.9. The Balaban J connectivity index is 2.77. The van der Waals surface area contributed by atoms with E-state index in [1.807, 2.05) is 24.3 Å². The molecule has 3 atom stereocenters. The van der Waals surface area contributed by atoms with Crippen LogP contribution in [0.4, 0.5) is 0 Å². The average Bonchev–Trinajstić information content (AvgIpc) is 2.63. The molecule has 166 valence electrons. The van der Waals surface area contributed by atoms with Gasteiger partial charge in [-0.1, -0.05) is 46.8 Å². The third kappa shape index (κ3) is 8.48. The number of rotatable bonds is 12. The predicted molar refractivity (Wildman–Crippen MR) is 120 cm³/mol. The number of benzene rings is 1. The lowest BCUT2D eigenvalue weighted by atomic mass is 9.90. The van der Waals surface area contributed by atoms with Crippen LogP contribution >= 0.6 is 0 Å². The van der Waals surface area contributed by atoms with Crippen molar-refractivity contribution < 1.29 is 23.8 Å². The minimum atomic E-state index is -1.98. The molecule has 1 rings (SSSR count). The van der Waals surface area contributed by atoms with Crippen molar-refractivity contribution in [2.45, 2.75) is 78.3 Å². The second kappa shape index (κ2) is 11.1. The van der Waals surface area contributed by atoms with Gasteiger partial charge < -0.3 is 19.0 Å². The van der Waals surface area contributed by atoms with Crippen LogP contribution in [0.3, 0.4) is 0 Å². The van der Waals surface area contributed by atoms with Gasteiger partial charge in [0.1, 0.15) is 5.75 Å². The fraction of sp³-hybridized carbons (Fsp3) is 0.696. The molecule has 0 bridgehead atoms. The molecule has 1 N–H and O–H groups in total. The van der Waals surface area contributed by atoms with Crippen LogP contribution in [0, 0.1) is 11.8 Å². The first-order chi connectivity index (χ1) is 13.4. The Morgan fingerprint density at radius 2 is 1.69 bits per heavy atom. The second-order valence-corrected chi connectivity index (χ2v) is 14.3. The molecule has 0 aromatic heterocycles. The third-order valence-corrected chi connectivity index (χ3v) is 10.5. The van der Waals surface area contributed by atoms with Gasteiger partial charge in [-0.3, -0.25) is 4.79 Å². The predicted octanol–water partition coefficient (Wildman–Crippen LogP) is 5.74. The Kier molecular flexibility index (Phi) is 9.85. The normalized spacial score (nSPS) is 15.6. The number of methoxy groups -OCH3 is 1. The van der Waals surface area contributed by atoms with Crippen LogP contribution in [0.1, 0.15) is 53.0 Å². The summed E-state index contributed by atoms with van der Waals surface area (Å²) in [5.74, 6) is 0.398. The van der Waals surface area contributed by atoms with E-state index in [0.29, 0.717) is 19.6 Å². The molecule has 0 radical (unpaired) electrons. The first-order valence-corrected chi connectivity index (χ1v) is 13.4. The lowest BCUT2D eigenvalue weighted by Crippen LogP contribution is -2.48. The fourth-order valence-corrected chi connectivity index (χ4v) is 4.50. The molecule has 0 saturated carbocycles. The minimum Gasteiger partial charge on any atom is -0.497 e. The zero-order valence-electron chi connectivity index (χ0n) is 19.5. The molecule has 1 aromatic carbocycles. The highest BCUT2D eigenvalue weighted by Crippen LogP contribution is 2.39. The molecule has 0 amide bonds. The van der Waals surface area contributed by atoms with Crippen molar-refractivity contribution >= 4 is 14.3 Å². The van der Waals surface area contributed by atoms with Gasteiger partial charge in [-0.2, -0.15) is 0 Å². The second-order valence-electron chi connectivity index (χ2n) is 9.59. The first-order valence-electron chi connectivity index (χ1n) is 10.5. The molecule has 0 heterocycles. The summed E-state index contributed by atoms with van der Waals surface area (Å²) in [5, 5.41) is 9.18. The minimum absolute atomic E-state index is 0.0221. The van der Waals surface area contributed by atoms with Crippen LogP contribution in [0.5, 0.6) is 5.75 Å². The van der Waals surface area contributed by atoms with Crippen LogP contribution in [-0.4, -0.2) is 39.2 Å². The van der Waals surface area contributed by atoms with E-state index in [1.165, 1.54) is 0 Å². The Bertz CT molecular complexity index is 621. The Hall–Kier alpha value is -1.37. The lowest BCUT2D eigenvalue weighted by Gasteiger charge is -2.43. The smallest absolute Gasteiger partial charge is 0.303 e. The summed E-state index contributed by atoms with van der Waals surface area (Å²) in [6.07, 6.45) is 0.751. The van der Waals surface area contributed by atoms with Gasteiger partial charge in [0.25, 0.3) is 0 Å². The van der Waals surface area contributed by atoms with E-state index in [2.05, 4.69) is 47.7 Å². The van der Waals surface area contributed by atoms with Crippen LogP contribution in [0.15, 0.2) is 24.3 Å². The zero-order valence-corrected chi connectivity index (χ0v) is 20.5. The highest BCUT2D eigenvalue weighted by Gasteiger charge is 2.41. The van der Waals surface area contributed by atoms with Gasteiger partial charge >= 0.3 is 5.97 Å². The topological polar surface area (TPSA) is 65.0 Å².